The molecule has 0 aliphatic carbocycles. The zero-order valence-corrected chi connectivity index (χ0v) is 15.0. The van der Waals surface area contributed by atoms with Crippen LogP contribution in [0.3, 0.4) is 0 Å². The number of rotatable bonds is 7. The number of piperidine rings is 1. The SMILES string of the molecule is NC(=O)CNC(=O)COC(=O)c1ccccc1S(=O)(=O)N1CCCCC1. The number of ether oxygens (including phenoxy) is 1. The highest BCUT2D eigenvalue weighted by molar-refractivity contribution is 7.89. The molecule has 1 aliphatic rings. The summed E-state index contributed by atoms with van der Waals surface area (Å²) < 4.78 is 31.8. The first-order valence-electron chi connectivity index (χ1n) is 8.13. The van der Waals surface area contributed by atoms with Crippen molar-refractivity contribution >= 4 is 27.8 Å². The lowest BCUT2D eigenvalue weighted by Crippen LogP contribution is -2.37. The molecule has 0 unspecified atom stereocenters. The van der Waals surface area contributed by atoms with Crippen molar-refractivity contribution in [2.45, 2.75) is 24.2 Å². The quantitative estimate of drug-likeness (QED) is 0.616. The summed E-state index contributed by atoms with van der Waals surface area (Å²) in [6.07, 6.45) is 2.51. The fraction of sp³-hybridized carbons (Fsp3) is 0.438. The molecule has 1 aromatic carbocycles. The molecule has 0 spiro atoms. The van der Waals surface area contributed by atoms with E-state index in [9.17, 15) is 22.8 Å². The van der Waals surface area contributed by atoms with E-state index in [1.165, 1.54) is 28.6 Å². The Bertz CT molecular complexity index is 787. The fourth-order valence-electron chi connectivity index (χ4n) is 2.55. The van der Waals surface area contributed by atoms with Gasteiger partial charge < -0.3 is 15.8 Å². The van der Waals surface area contributed by atoms with Crippen molar-refractivity contribution in [3.63, 3.8) is 0 Å². The summed E-state index contributed by atoms with van der Waals surface area (Å²) in [7, 11) is -3.83. The number of carbonyl (C=O) groups excluding carboxylic acids is 3. The molecule has 2 rings (SSSR count). The van der Waals surface area contributed by atoms with Crippen LogP contribution in [0.4, 0.5) is 0 Å². The third kappa shape index (κ3) is 5.02. The molecule has 0 saturated carbocycles. The maximum absolute atomic E-state index is 12.8. The van der Waals surface area contributed by atoms with Crippen LogP contribution in [0, 0.1) is 0 Å². The van der Waals surface area contributed by atoms with E-state index < -0.39 is 34.4 Å². The monoisotopic (exact) mass is 383 g/mol. The number of nitrogens with one attached hydrogen (secondary N) is 1. The van der Waals surface area contributed by atoms with Gasteiger partial charge in [-0.15, -0.1) is 0 Å². The number of primary amides is 1. The average Bonchev–Trinajstić information content (AvgIpc) is 2.65. The second-order valence-corrected chi connectivity index (χ2v) is 7.69. The van der Waals surface area contributed by atoms with Gasteiger partial charge in [0.15, 0.2) is 6.61 Å². The molecule has 1 aliphatic heterocycles. The van der Waals surface area contributed by atoms with E-state index in [-0.39, 0.29) is 17.0 Å². The molecule has 10 heteroatoms. The van der Waals surface area contributed by atoms with Crippen LogP contribution in [0.15, 0.2) is 29.2 Å². The number of nitrogens with zero attached hydrogens (tertiary/aromatic N) is 1. The Morgan fingerprint density at radius 2 is 1.77 bits per heavy atom. The van der Waals surface area contributed by atoms with Gasteiger partial charge in [-0.2, -0.15) is 4.31 Å². The van der Waals surface area contributed by atoms with E-state index >= 15 is 0 Å². The zero-order valence-electron chi connectivity index (χ0n) is 14.1. The summed E-state index contributed by atoms with van der Waals surface area (Å²) >= 11 is 0. The van der Waals surface area contributed by atoms with Crippen LogP contribution < -0.4 is 11.1 Å². The third-order valence-corrected chi connectivity index (χ3v) is 5.79. The summed E-state index contributed by atoms with van der Waals surface area (Å²) in [5, 5.41) is 2.17. The molecule has 26 heavy (non-hydrogen) atoms. The van der Waals surface area contributed by atoms with Gasteiger partial charge >= 0.3 is 5.97 Å². The van der Waals surface area contributed by atoms with Crippen molar-refractivity contribution in [2.75, 3.05) is 26.2 Å². The van der Waals surface area contributed by atoms with Crippen molar-refractivity contribution < 1.29 is 27.5 Å². The minimum atomic E-state index is -3.83. The van der Waals surface area contributed by atoms with E-state index in [0.717, 1.165) is 19.3 Å². The molecule has 1 saturated heterocycles. The molecule has 1 aromatic rings. The molecule has 3 N–H and O–H groups in total. The summed E-state index contributed by atoms with van der Waals surface area (Å²) in [6.45, 7) is -0.219. The van der Waals surface area contributed by atoms with Gasteiger partial charge in [-0.25, -0.2) is 13.2 Å². The summed E-state index contributed by atoms with van der Waals surface area (Å²) in [4.78, 5) is 34.2. The number of amides is 2. The lowest BCUT2D eigenvalue weighted by atomic mass is 10.2. The fourth-order valence-corrected chi connectivity index (χ4v) is 4.25. The van der Waals surface area contributed by atoms with Crippen LogP contribution in [0.5, 0.6) is 0 Å². The molecular formula is C16H21N3O6S. The summed E-state index contributed by atoms with van der Waals surface area (Å²) in [6, 6.07) is 5.71. The van der Waals surface area contributed by atoms with Crippen molar-refractivity contribution in [3.8, 4) is 0 Å². The van der Waals surface area contributed by atoms with Gasteiger partial charge in [-0.1, -0.05) is 18.6 Å². The largest absolute Gasteiger partial charge is 0.452 e. The maximum atomic E-state index is 12.8. The van der Waals surface area contributed by atoms with Gasteiger partial charge in [0.2, 0.25) is 15.9 Å². The lowest BCUT2D eigenvalue weighted by Gasteiger charge is -2.26. The second-order valence-electron chi connectivity index (χ2n) is 5.78. The van der Waals surface area contributed by atoms with Crippen molar-refractivity contribution in [1.82, 2.24) is 9.62 Å². The topological polar surface area (TPSA) is 136 Å². The zero-order chi connectivity index (χ0) is 19.2. The predicted octanol–water partition coefficient (Wildman–Crippen LogP) is -0.380. The molecular weight excluding hydrogens is 362 g/mol. The Morgan fingerprint density at radius 3 is 2.42 bits per heavy atom. The van der Waals surface area contributed by atoms with E-state index in [2.05, 4.69) is 5.32 Å². The van der Waals surface area contributed by atoms with Crippen LogP contribution >= 0.6 is 0 Å². The molecule has 142 valence electrons. The minimum Gasteiger partial charge on any atom is -0.452 e. The van der Waals surface area contributed by atoms with E-state index in [1.807, 2.05) is 0 Å². The first-order valence-corrected chi connectivity index (χ1v) is 9.57. The second kappa shape index (κ2) is 8.77. The Balaban J connectivity index is 2.11. The number of hydrogen-bond acceptors (Lipinski definition) is 6. The van der Waals surface area contributed by atoms with Gasteiger partial charge in [0.1, 0.15) is 0 Å². The number of carbonyl (C=O) groups is 3. The van der Waals surface area contributed by atoms with Gasteiger partial charge in [-0.05, 0) is 25.0 Å². The van der Waals surface area contributed by atoms with E-state index in [1.54, 1.807) is 0 Å². The Kier molecular flexibility index (Phi) is 6.70. The summed E-state index contributed by atoms with van der Waals surface area (Å²) in [5.74, 6) is -2.38. The normalized spacial score (nSPS) is 15.2. The highest BCUT2D eigenvalue weighted by atomic mass is 32.2. The van der Waals surface area contributed by atoms with Crippen LogP contribution in [0.1, 0.15) is 29.6 Å². The molecule has 0 aromatic heterocycles. The highest BCUT2D eigenvalue weighted by Gasteiger charge is 2.30. The molecule has 0 bridgehead atoms. The minimum absolute atomic E-state index is 0.138. The lowest BCUT2D eigenvalue weighted by molar-refractivity contribution is -0.127. The van der Waals surface area contributed by atoms with Crippen molar-refractivity contribution in [2.24, 2.45) is 5.73 Å². The van der Waals surface area contributed by atoms with E-state index in [0.29, 0.717) is 13.1 Å². The standard InChI is InChI=1S/C16H21N3O6S/c17-14(20)10-18-15(21)11-25-16(22)12-6-2-3-7-13(12)26(23,24)19-8-4-1-5-9-19/h2-3,6-7H,1,4-5,8-11H2,(H2,17,20)(H,18,21). The van der Waals surface area contributed by atoms with Gasteiger partial charge in [0, 0.05) is 13.1 Å². The molecule has 0 atom stereocenters. The molecule has 1 heterocycles. The van der Waals surface area contributed by atoms with Crippen LogP contribution in [-0.2, 0) is 24.3 Å². The number of hydrogen-bond donors (Lipinski definition) is 2. The molecule has 2 amide bonds. The number of sulfonamides is 1. The number of benzene rings is 1. The van der Waals surface area contributed by atoms with E-state index in [4.69, 9.17) is 10.5 Å². The number of esters is 1. The smallest absolute Gasteiger partial charge is 0.340 e. The molecule has 1 fully saturated rings. The van der Waals surface area contributed by atoms with Crippen LogP contribution in [0.2, 0.25) is 0 Å². The summed E-state index contributed by atoms with van der Waals surface area (Å²) in [5.41, 5.74) is 4.76. The third-order valence-electron chi connectivity index (χ3n) is 3.83. The number of nitrogens with two attached hydrogens (primary N) is 1. The highest BCUT2D eigenvalue weighted by Crippen LogP contribution is 2.24. The first kappa shape index (κ1) is 19.9. The first-order chi connectivity index (χ1) is 12.3. The Hall–Kier alpha value is -2.46. The average molecular weight is 383 g/mol. The van der Waals surface area contributed by atoms with Crippen molar-refractivity contribution in [1.29, 1.82) is 0 Å². The Morgan fingerprint density at radius 1 is 1.12 bits per heavy atom. The Labute approximate surface area is 151 Å². The van der Waals surface area contributed by atoms with Crippen molar-refractivity contribution in [3.05, 3.63) is 29.8 Å². The van der Waals surface area contributed by atoms with Crippen LogP contribution in [-0.4, -0.2) is 56.7 Å². The molecule has 0 radical (unpaired) electrons. The maximum Gasteiger partial charge on any atom is 0.340 e. The van der Waals surface area contributed by atoms with Gasteiger partial charge in [0.05, 0.1) is 17.0 Å². The van der Waals surface area contributed by atoms with Gasteiger partial charge in [0.25, 0.3) is 5.91 Å². The van der Waals surface area contributed by atoms with Crippen LogP contribution in [0.25, 0.3) is 0 Å². The predicted molar refractivity (Wildman–Crippen MR) is 91.5 cm³/mol. The molecule has 9 nitrogen and oxygen atoms in total. The van der Waals surface area contributed by atoms with Gasteiger partial charge in [-0.3, -0.25) is 9.59 Å².